The Balaban J connectivity index is 1.88. The second-order valence-electron chi connectivity index (χ2n) is 6.07. The van der Waals surface area contributed by atoms with E-state index in [1.807, 2.05) is 0 Å². The van der Waals surface area contributed by atoms with Crippen molar-refractivity contribution >= 4 is 29.1 Å². The third kappa shape index (κ3) is 4.33. The summed E-state index contributed by atoms with van der Waals surface area (Å²) in [5.41, 5.74) is 3.37. The van der Waals surface area contributed by atoms with Crippen molar-refractivity contribution < 1.29 is 14.5 Å². The van der Waals surface area contributed by atoms with Gasteiger partial charge >= 0.3 is 0 Å². The van der Waals surface area contributed by atoms with Gasteiger partial charge in [0.15, 0.2) is 5.69 Å². The van der Waals surface area contributed by atoms with Crippen LogP contribution >= 0.6 is 11.6 Å². The van der Waals surface area contributed by atoms with Crippen LogP contribution in [0.2, 0.25) is 5.02 Å². The van der Waals surface area contributed by atoms with E-state index in [0.717, 1.165) is 10.7 Å². The van der Waals surface area contributed by atoms with Crippen molar-refractivity contribution in [2.24, 2.45) is 0 Å². The fraction of sp³-hybridized carbons (Fsp3) is 0.0526. The number of nitrogens with zero attached hydrogens (tertiary/aromatic N) is 3. The van der Waals surface area contributed by atoms with Crippen LogP contribution in [-0.4, -0.2) is 26.5 Å². The number of hydrazine groups is 1. The molecule has 0 fully saturated rings. The van der Waals surface area contributed by atoms with Gasteiger partial charge in [0.25, 0.3) is 17.5 Å². The highest BCUT2D eigenvalue weighted by Crippen LogP contribution is 2.22. The zero-order valence-electron chi connectivity index (χ0n) is 15.5. The molecule has 0 atom stereocenters. The Morgan fingerprint density at radius 3 is 2.37 bits per heavy atom. The van der Waals surface area contributed by atoms with Crippen LogP contribution in [0.3, 0.4) is 0 Å². The van der Waals surface area contributed by atoms with Gasteiger partial charge in [-0.15, -0.1) is 0 Å². The number of rotatable bonds is 4. The Morgan fingerprint density at radius 2 is 1.70 bits per heavy atom. The lowest BCUT2D eigenvalue weighted by atomic mass is 10.2. The molecule has 3 aromatic rings. The van der Waals surface area contributed by atoms with Crippen LogP contribution in [0.5, 0.6) is 0 Å². The average Bonchev–Trinajstić information content (AvgIpc) is 2.72. The first-order valence-corrected chi connectivity index (χ1v) is 8.86. The predicted octanol–water partition coefficient (Wildman–Crippen LogP) is 2.18. The minimum atomic E-state index is -0.977. The highest BCUT2D eigenvalue weighted by Gasteiger charge is 2.20. The van der Waals surface area contributed by atoms with Crippen LogP contribution < -0.4 is 16.3 Å². The van der Waals surface area contributed by atoms with Crippen molar-refractivity contribution in [3.05, 3.63) is 96.9 Å². The smallest absolute Gasteiger partial charge is 0.287 e. The summed E-state index contributed by atoms with van der Waals surface area (Å²) in [6, 6.07) is 12.8. The Labute approximate surface area is 174 Å². The molecule has 0 radical (unpaired) electrons. The fourth-order valence-electron chi connectivity index (χ4n) is 2.59. The molecule has 0 saturated carbocycles. The molecule has 0 unspecified atom stereocenters. The first kappa shape index (κ1) is 20.7. The number of hydrogen-bond acceptors (Lipinski definition) is 6. The summed E-state index contributed by atoms with van der Waals surface area (Å²) < 4.78 is 1.12. The van der Waals surface area contributed by atoms with Gasteiger partial charge in [-0.1, -0.05) is 23.7 Å². The first-order valence-electron chi connectivity index (χ1n) is 8.49. The second kappa shape index (κ2) is 8.53. The quantitative estimate of drug-likeness (QED) is 0.483. The lowest BCUT2D eigenvalue weighted by Gasteiger charge is -2.12. The molecule has 0 spiro atoms. The largest absolute Gasteiger partial charge is 0.294 e. The third-order valence-electron chi connectivity index (χ3n) is 4.03. The maximum absolute atomic E-state index is 12.4. The minimum Gasteiger partial charge on any atom is -0.287 e. The highest BCUT2D eigenvalue weighted by molar-refractivity contribution is 6.30. The number of halogens is 1. The van der Waals surface area contributed by atoms with Gasteiger partial charge in [0.05, 0.1) is 4.92 Å². The Hall–Kier alpha value is -4.05. The van der Waals surface area contributed by atoms with Crippen molar-refractivity contribution in [1.29, 1.82) is 0 Å². The van der Waals surface area contributed by atoms with E-state index in [0.29, 0.717) is 5.02 Å². The van der Waals surface area contributed by atoms with Crippen molar-refractivity contribution in [3.8, 4) is 5.69 Å². The standard InChI is InChI=1S/C19H14ClN5O5/c1-11-10-16(26)17(23-24(11)14-4-2-3-5-15(14)25(29)30)19(28)22-21-18(27)12-6-8-13(20)9-7-12/h2-10H,1H3,(H,21,27)(H,22,28). The van der Waals surface area contributed by atoms with Crippen molar-refractivity contribution in [1.82, 2.24) is 20.6 Å². The number of carbonyl (C=O) groups excluding carboxylic acids is 2. The zero-order valence-corrected chi connectivity index (χ0v) is 16.2. The van der Waals surface area contributed by atoms with Crippen LogP contribution in [0.25, 0.3) is 5.69 Å². The first-order chi connectivity index (χ1) is 14.3. The number of para-hydroxylation sites is 2. The van der Waals surface area contributed by atoms with Gasteiger partial charge in [-0.05, 0) is 37.3 Å². The van der Waals surface area contributed by atoms with E-state index in [4.69, 9.17) is 11.6 Å². The second-order valence-corrected chi connectivity index (χ2v) is 6.51. The maximum atomic E-state index is 12.4. The van der Waals surface area contributed by atoms with Gasteiger partial charge in [0.2, 0.25) is 5.43 Å². The molecule has 0 saturated heterocycles. The summed E-state index contributed by atoms with van der Waals surface area (Å²) in [5.74, 6) is -1.61. The number of benzene rings is 2. The van der Waals surface area contributed by atoms with Gasteiger partial charge in [0, 0.05) is 28.4 Å². The van der Waals surface area contributed by atoms with E-state index >= 15 is 0 Å². The fourth-order valence-corrected chi connectivity index (χ4v) is 2.72. The number of aromatic nitrogens is 2. The Bertz CT molecular complexity index is 1210. The monoisotopic (exact) mass is 427 g/mol. The van der Waals surface area contributed by atoms with Crippen molar-refractivity contribution in [3.63, 3.8) is 0 Å². The van der Waals surface area contributed by atoms with Gasteiger partial charge in [0.1, 0.15) is 5.69 Å². The Morgan fingerprint density at radius 1 is 1.07 bits per heavy atom. The number of nitrogens with one attached hydrogen (secondary N) is 2. The molecule has 2 N–H and O–H groups in total. The molecule has 2 aromatic carbocycles. The van der Waals surface area contributed by atoms with Crippen molar-refractivity contribution in [2.45, 2.75) is 6.92 Å². The molecule has 11 heteroatoms. The molecule has 0 aliphatic carbocycles. The van der Waals surface area contributed by atoms with E-state index in [1.165, 1.54) is 49.4 Å². The number of amides is 2. The van der Waals surface area contributed by atoms with E-state index in [2.05, 4.69) is 16.0 Å². The lowest BCUT2D eigenvalue weighted by molar-refractivity contribution is -0.384. The summed E-state index contributed by atoms with van der Waals surface area (Å²) in [5, 5.41) is 15.7. The molecule has 10 nitrogen and oxygen atoms in total. The summed E-state index contributed by atoms with van der Waals surface area (Å²) in [6.45, 7) is 1.52. The maximum Gasteiger partial charge on any atom is 0.294 e. The summed E-state index contributed by atoms with van der Waals surface area (Å²) in [4.78, 5) is 47.4. The molecular formula is C19H14ClN5O5. The van der Waals surface area contributed by atoms with Crippen molar-refractivity contribution in [2.75, 3.05) is 0 Å². The number of carbonyl (C=O) groups is 2. The van der Waals surface area contributed by atoms with Gasteiger partial charge in [-0.3, -0.25) is 35.3 Å². The minimum absolute atomic E-state index is 0.0826. The Kier molecular flexibility index (Phi) is 5.88. The number of hydrogen-bond donors (Lipinski definition) is 2. The molecular weight excluding hydrogens is 414 g/mol. The lowest BCUT2D eigenvalue weighted by Crippen LogP contribution is -2.44. The molecule has 0 aliphatic rings. The normalized spacial score (nSPS) is 10.3. The molecule has 1 aromatic heterocycles. The SMILES string of the molecule is Cc1cc(=O)c(C(=O)NNC(=O)c2ccc(Cl)cc2)nn1-c1ccccc1[N+](=O)[O-]. The summed E-state index contributed by atoms with van der Waals surface area (Å²) in [6.07, 6.45) is 0. The highest BCUT2D eigenvalue weighted by atomic mass is 35.5. The molecule has 1 heterocycles. The number of aryl methyl sites for hydroxylation is 1. The summed E-state index contributed by atoms with van der Waals surface area (Å²) in [7, 11) is 0. The molecule has 2 amide bonds. The molecule has 30 heavy (non-hydrogen) atoms. The van der Waals surface area contributed by atoms with E-state index in [9.17, 15) is 24.5 Å². The topological polar surface area (TPSA) is 136 Å². The van der Waals surface area contributed by atoms with E-state index in [-0.39, 0.29) is 22.6 Å². The van der Waals surface area contributed by atoms with Crippen LogP contribution in [0.4, 0.5) is 5.69 Å². The van der Waals surface area contributed by atoms with Crippen LogP contribution in [0, 0.1) is 17.0 Å². The van der Waals surface area contributed by atoms with Gasteiger partial charge < -0.3 is 0 Å². The molecule has 3 rings (SSSR count). The number of nitro benzene ring substituents is 1. The van der Waals surface area contributed by atoms with E-state index in [1.54, 1.807) is 6.07 Å². The average molecular weight is 428 g/mol. The third-order valence-corrected chi connectivity index (χ3v) is 4.28. The molecule has 0 bridgehead atoms. The van der Waals surface area contributed by atoms with Crippen LogP contribution in [-0.2, 0) is 0 Å². The van der Waals surface area contributed by atoms with Crippen LogP contribution in [0.15, 0.2) is 59.4 Å². The predicted molar refractivity (Wildman–Crippen MR) is 108 cm³/mol. The zero-order chi connectivity index (χ0) is 21.8. The number of nitro groups is 1. The van der Waals surface area contributed by atoms with Crippen LogP contribution in [0.1, 0.15) is 26.5 Å². The van der Waals surface area contributed by atoms with Gasteiger partial charge in [-0.25, -0.2) is 4.68 Å². The van der Waals surface area contributed by atoms with Gasteiger partial charge in [-0.2, -0.15) is 5.10 Å². The van der Waals surface area contributed by atoms with E-state index < -0.39 is 27.9 Å². The summed E-state index contributed by atoms with van der Waals surface area (Å²) >= 11 is 5.76. The molecule has 0 aliphatic heterocycles. The molecule has 152 valence electrons.